The molecule has 1 aliphatic heterocycles. The number of anilines is 2. The molecule has 2 heterocycles. The molecule has 0 radical (unpaired) electrons. The minimum absolute atomic E-state index is 0.0952. The molecule has 110 valence electrons. The predicted octanol–water partition coefficient (Wildman–Crippen LogP) is 2.88. The standard InChI is InChI=1S/C14H21ClN4O/c1-5-9(6-2)19-10(7-3)13(20)18(4)11-8-16-14(15)17-12(11)19/h8-10H,5-7H2,1-4H3. The highest BCUT2D eigenvalue weighted by Gasteiger charge is 2.39. The van der Waals surface area contributed by atoms with E-state index in [1.807, 2.05) is 6.92 Å². The van der Waals surface area contributed by atoms with Crippen LogP contribution in [0.1, 0.15) is 40.0 Å². The number of fused-ring (bicyclic) bond motifs is 1. The highest BCUT2D eigenvalue weighted by molar-refractivity contribution is 6.28. The third kappa shape index (κ3) is 2.35. The Hall–Kier alpha value is -1.36. The molecule has 0 N–H and O–H groups in total. The number of halogens is 1. The molecule has 1 amide bonds. The maximum absolute atomic E-state index is 12.5. The van der Waals surface area contributed by atoms with E-state index in [4.69, 9.17) is 11.6 Å². The van der Waals surface area contributed by atoms with Gasteiger partial charge in [-0.25, -0.2) is 4.98 Å². The van der Waals surface area contributed by atoms with Crippen LogP contribution in [0.5, 0.6) is 0 Å². The summed E-state index contributed by atoms with van der Waals surface area (Å²) in [4.78, 5) is 24.7. The second-order valence-corrected chi connectivity index (χ2v) is 5.38. The molecule has 5 nitrogen and oxygen atoms in total. The summed E-state index contributed by atoms with van der Waals surface area (Å²) in [7, 11) is 1.77. The molecule has 1 aromatic heterocycles. The van der Waals surface area contributed by atoms with Gasteiger partial charge in [-0.3, -0.25) is 4.79 Å². The second kappa shape index (κ2) is 5.95. The van der Waals surface area contributed by atoms with Gasteiger partial charge in [0, 0.05) is 13.1 Å². The molecule has 0 spiro atoms. The van der Waals surface area contributed by atoms with Crippen molar-refractivity contribution in [1.82, 2.24) is 9.97 Å². The summed E-state index contributed by atoms with van der Waals surface area (Å²) in [5.41, 5.74) is 0.732. The summed E-state index contributed by atoms with van der Waals surface area (Å²) in [5, 5.41) is 0.220. The van der Waals surface area contributed by atoms with Crippen LogP contribution in [0.3, 0.4) is 0 Å². The SMILES string of the molecule is CCC(CC)N1c2nc(Cl)ncc2N(C)C(=O)C1CC. The predicted molar refractivity (Wildman–Crippen MR) is 81.4 cm³/mol. The van der Waals surface area contributed by atoms with Gasteiger partial charge in [-0.15, -0.1) is 0 Å². The van der Waals surface area contributed by atoms with E-state index in [0.29, 0.717) is 0 Å². The first kappa shape index (κ1) is 15.0. The average molecular weight is 297 g/mol. The van der Waals surface area contributed by atoms with Crippen molar-refractivity contribution in [2.75, 3.05) is 16.8 Å². The maximum atomic E-state index is 12.5. The molecular formula is C14H21ClN4O. The molecule has 0 saturated carbocycles. The molecule has 6 heteroatoms. The van der Waals surface area contributed by atoms with Gasteiger partial charge in [0.2, 0.25) is 11.2 Å². The molecule has 0 aromatic carbocycles. The van der Waals surface area contributed by atoms with E-state index in [1.54, 1.807) is 18.1 Å². The van der Waals surface area contributed by atoms with Gasteiger partial charge in [-0.1, -0.05) is 20.8 Å². The number of nitrogens with zero attached hydrogens (tertiary/aromatic N) is 4. The Balaban J connectivity index is 2.59. The van der Waals surface area contributed by atoms with Crippen LogP contribution >= 0.6 is 11.6 Å². The number of carbonyl (C=O) groups is 1. The first-order chi connectivity index (χ1) is 9.54. The van der Waals surface area contributed by atoms with Gasteiger partial charge in [-0.2, -0.15) is 4.98 Å². The lowest BCUT2D eigenvalue weighted by atomic mass is 10.0. The highest BCUT2D eigenvalue weighted by Crippen LogP contribution is 2.37. The van der Waals surface area contributed by atoms with E-state index in [0.717, 1.165) is 30.8 Å². The Bertz CT molecular complexity index is 504. The van der Waals surface area contributed by atoms with Crippen LogP contribution in [0.15, 0.2) is 6.20 Å². The van der Waals surface area contributed by atoms with Crippen molar-refractivity contribution in [3.05, 3.63) is 11.5 Å². The molecule has 2 rings (SSSR count). The number of rotatable bonds is 4. The number of aromatic nitrogens is 2. The van der Waals surface area contributed by atoms with Crippen LogP contribution in [-0.4, -0.2) is 35.0 Å². The third-order valence-corrected chi connectivity index (χ3v) is 4.18. The van der Waals surface area contributed by atoms with Gasteiger partial charge in [0.1, 0.15) is 11.7 Å². The first-order valence-corrected chi connectivity index (χ1v) is 7.51. The van der Waals surface area contributed by atoms with Crippen LogP contribution in [-0.2, 0) is 4.79 Å². The number of carbonyl (C=O) groups excluding carboxylic acids is 1. The van der Waals surface area contributed by atoms with E-state index in [-0.39, 0.29) is 23.3 Å². The zero-order valence-electron chi connectivity index (χ0n) is 12.4. The quantitative estimate of drug-likeness (QED) is 0.802. The third-order valence-electron chi connectivity index (χ3n) is 4.00. The molecule has 20 heavy (non-hydrogen) atoms. The Kier molecular flexibility index (Phi) is 4.48. The van der Waals surface area contributed by atoms with Gasteiger partial charge in [0.05, 0.1) is 6.20 Å². The molecule has 1 atom stereocenters. The van der Waals surface area contributed by atoms with Crippen molar-refractivity contribution < 1.29 is 4.79 Å². The molecule has 0 bridgehead atoms. The van der Waals surface area contributed by atoms with Gasteiger partial charge < -0.3 is 9.80 Å². The summed E-state index contributed by atoms with van der Waals surface area (Å²) >= 11 is 5.96. The van der Waals surface area contributed by atoms with Crippen LogP contribution in [0, 0.1) is 0 Å². The molecule has 1 aromatic rings. The van der Waals surface area contributed by atoms with Crippen molar-refractivity contribution in [3.8, 4) is 0 Å². The monoisotopic (exact) mass is 296 g/mol. The zero-order chi connectivity index (χ0) is 14.9. The van der Waals surface area contributed by atoms with Gasteiger partial charge in [0.15, 0.2) is 5.82 Å². The fourth-order valence-corrected chi connectivity index (χ4v) is 2.99. The summed E-state index contributed by atoms with van der Waals surface area (Å²) in [5.74, 6) is 0.866. The summed E-state index contributed by atoms with van der Waals surface area (Å²) in [6, 6.07) is 0.102. The normalized spacial score (nSPS) is 18.7. The summed E-state index contributed by atoms with van der Waals surface area (Å²) in [6.45, 7) is 6.29. The Morgan fingerprint density at radius 2 is 2.00 bits per heavy atom. The maximum Gasteiger partial charge on any atom is 0.249 e. The fourth-order valence-electron chi connectivity index (χ4n) is 2.86. The number of hydrogen-bond acceptors (Lipinski definition) is 4. The smallest absolute Gasteiger partial charge is 0.249 e. The Morgan fingerprint density at radius 1 is 1.35 bits per heavy atom. The molecule has 0 fully saturated rings. The molecule has 1 aliphatic rings. The molecule has 0 saturated heterocycles. The second-order valence-electron chi connectivity index (χ2n) is 5.05. The van der Waals surface area contributed by atoms with Crippen molar-refractivity contribution in [2.45, 2.75) is 52.1 Å². The van der Waals surface area contributed by atoms with E-state index >= 15 is 0 Å². The fraction of sp³-hybridized carbons (Fsp3) is 0.643. The van der Waals surface area contributed by atoms with E-state index in [9.17, 15) is 4.79 Å². The van der Waals surface area contributed by atoms with Crippen LogP contribution in [0.2, 0.25) is 5.28 Å². The lowest BCUT2D eigenvalue weighted by Crippen LogP contribution is -2.56. The van der Waals surface area contributed by atoms with E-state index in [1.165, 1.54) is 0 Å². The zero-order valence-corrected chi connectivity index (χ0v) is 13.2. The highest BCUT2D eigenvalue weighted by atomic mass is 35.5. The topological polar surface area (TPSA) is 49.3 Å². The van der Waals surface area contributed by atoms with Gasteiger partial charge in [-0.05, 0) is 30.9 Å². The molecule has 1 unspecified atom stereocenters. The minimum Gasteiger partial charge on any atom is -0.340 e. The van der Waals surface area contributed by atoms with Crippen LogP contribution in [0.4, 0.5) is 11.5 Å². The summed E-state index contributed by atoms with van der Waals surface area (Å²) < 4.78 is 0. The lowest BCUT2D eigenvalue weighted by molar-refractivity contribution is -0.120. The van der Waals surface area contributed by atoms with Gasteiger partial charge in [0.25, 0.3) is 0 Å². The number of likely N-dealkylation sites (N-methyl/N-ethyl adjacent to an activating group) is 1. The first-order valence-electron chi connectivity index (χ1n) is 7.13. The average Bonchev–Trinajstić information content (AvgIpc) is 2.45. The van der Waals surface area contributed by atoms with Crippen LogP contribution < -0.4 is 9.80 Å². The Morgan fingerprint density at radius 3 is 2.55 bits per heavy atom. The van der Waals surface area contributed by atoms with Crippen molar-refractivity contribution in [3.63, 3.8) is 0 Å². The van der Waals surface area contributed by atoms with Crippen molar-refractivity contribution in [2.24, 2.45) is 0 Å². The van der Waals surface area contributed by atoms with Crippen LogP contribution in [0.25, 0.3) is 0 Å². The van der Waals surface area contributed by atoms with E-state index in [2.05, 4.69) is 28.7 Å². The Labute approximate surface area is 124 Å². The van der Waals surface area contributed by atoms with Crippen molar-refractivity contribution in [1.29, 1.82) is 0 Å². The lowest BCUT2D eigenvalue weighted by Gasteiger charge is -2.44. The minimum atomic E-state index is -0.177. The number of amides is 1. The number of hydrogen-bond donors (Lipinski definition) is 0. The van der Waals surface area contributed by atoms with E-state index < -0.39 is 0 Å². The summed E-state index contributed by atoms with van der Waals surface area (Å²) in [6.07, 6.45) is 4.31. The molecular weight excluding hydrogens is 276 g/mol. The van der Waals surface area contributed by atoms with Gasteiger partial charge >= 0.3 is 0 Å². The largest absolute Gasteiger partial charge is 0.340 e. The molecule has 0 aliphatic carbocycles. The van der Waals surface area contributed by atoms with Crippen molar-refractivity contribution >= 4 is 29.0 Å².